The van der Waals surface area contributed by atoms with Crippen molar-refractivity contribution in [1.82, 2.24) is 4.90 Å². The number of carbonyl (C=O) groups is 1. The molecule has 0 rings (SSSR count). The highest BCUT2D eigenvalue weighted by Crippen LogP contribution is 1.72. The van der Waals surface area contributed by atoms with Gasteiger partial charge in [0, 0.05) is 13.6 Å². The maximum Gasteiger partial charge on any atom is 0.209 e. The van der Waals surface area contributed by atoms with Crippen molar-refractivity contribution in [2.45, 2.75) is 0 Å². The molecule has 0 aromatic heterocycles. The average molecular weight is 105 g/mol. The monoisotopic (exact) mass is 105 g/mol. The summed E-state index contributed by atoms with van der Waals surface area (Å²) in [6.07, 6.45) is 0.597. The number of alkyl halides is 1. The van der Waals surface area contributed by atoms with Crippen LogP contribution in [-0.2, 0) is 4.79 Å². The van der Waals surface area contributed by atoms with E-state index >= 15 is 0 Å². The van der Waals surface area contributed by atoms with Crippen molar-refractivity contribution in [3.05, 3.63) is 0 Å². The van der Waals surface area contributed by atoms with E-state index in [2.05, 4.69) is 0 Å². The van der Waals surface area contributed by atoms with Crippen LogP contribution in [0.2, 0.25) is 0 Å². The summed E-state index contributed by atoms with van der Waals surface area (Å²) in [5.41, 5.74) is 0. The average Bonchev–Trinajstić information content (AvgIpc) is 1.68. The van der Waals surface area contributed by atoms with Crippen LogP contribution in [0.1, 0.15) is 0 Å². The largest absolute Gasteiger partial charge is 0.346 e. The van der Waals surface area contributed by atoms with E-state index in [1.54, 1.807) is 0 Å². The minimum absolute atomic E-state index is 0.198. The Balaban J connectivity index is 2.98. The molecule has 0 aliphatic carbocycles. The lowest BCUT2D eigenvalue weighted by atomic mass is 10.7. The maximum atomic E-state index is 11.2. The molecule has 0 unspecified atom stereocenters. The van der Waals surface area contributed by atoms with Crippen molar-refractivity contribution in [2.24, 2.45) is 0 Å². The number of amides is 1. The molecule has 0 heterocycles. The lowest BCUT2D eigenvalue weighted by molar-refractivity contribution is -0.117. The molecule has 0 aromatic rings. The Morgan fingerprint density at radius 2 is 2.43 bits per heavy atom. The molecule has 1 amide bonds. The zero-order valence-corrected chi connectivity index (χ0v) is 4.22. The van der Waals surface area contributed by atoms with E-state index in [9.17, 15) is 9.18 Å². The number of carbonyl (C=O) groups excluding carboxylic acids is 1. The molecule has 3 heteroatoms. The summed E-state index contributed by atoms with van der Waals surface area (Å²) in [6.45, 7) is -0.265. The number of nitrogens with zero attached hydrogens (tertiary/aromatic N) is 1. The summed E-state index contributed by atoms with van der Waals surface area (Å²) in [5, 5.41) is 0. The van der Waals surface area contributed by atoms with Crippen LogP contribution in [0.4, 0.5) is 4.39 Å². The fraction of sp³-hybridized carbons (Fsp3) is 0.750. The van der Waals surface area contributed by atoms with E-state index in [0.29, 0.717) is 6.41 Å². The van der Waals surface area contributed by atoms with E-state index in [-0.39, 0.29) is 6.54 Å². The fourth-order valence-electron chi connectivity index (χ4n) is 0.186. The molecular weight excluding hydrogens is 97.0 g/mol. The number of hydrogen-bond donors (Lipinski definition) is 0. The molecule has 0 saturated carbocycles. The first-order valence-electron chi connectivity index (χ1n) is 2.02. The lowest BCUT2D eigenvalue weighted by Crippen LogP contribution is -2.18. The molecule has 0 bridgehead atoms. The van der Waals surface area contributed by atoms with Gasteiger partial charge in [-0.15, -0.1) is 0 Å². The predicted molar refractivity (Wildman–Crippen MR) is 24.7 cm³/mol. The van der Waals surface area contributed by atoms with Gasteiger partial charge in [0.25, 0.3) is 0 Å². The standard InChI is InChI=1S/C4H8FNO/c1-6(4-7)3-2-5/h4H,2-3H2,1H3. The van der Waals surface area contributed by atoms with Crippen molar-refractivity contribution >= 4 is 6.41 Å². The molecule has 0 radical (unpaired) electrons. The predicted octanol–water partition coefficient (Wildman–Crippen LogP) is 0.0441. The van der Waals surface area contributed by atoms with E-state index in [0.717, 1.165) is 0 Å². The highest BCUT2D eigenvalue weighted by Gasteiger charge is 1.87. The molecule has 0 aromatic carbocycles. The summed E-state index contributed by atoms with van der Waals surface area (Å²) >= 11 is 0. The van der Waals surface area contributed by atoms with Crippen LogP contribution >= 0.6 is 0 Å². The Morgan fingerprint density at radius 1 is 1.86 bits per heavy atom. The van der Waals surface area contributed by atoms with Crippen LogP contribution in [-0.4, -0.2) is 31.6 Å². The SMILES string of the molecule is CN(C=O)CCF. The first-order chi connectivity index (χ1) is 3.31. The number of rotatable bonds is 3. The molecule has 7 heavy (non-hydrogen) atoms. The summed E-state index contributed by atoms with van der Waals surface area (Å²) < 4.78 is 11.2. The minimum atomic E-state index is -0.463. The molecule has 0 fully saturated rings. The highest BCUT2D eigenvalue weighted by atomic mass is 19.1. The second-order valence-corrected chi connectivity index (χ2v) is 1.27. The summed E-state index contributed by atoms with van der Waals surface area (Å²) in [5.74, 6) is 0. The number of hydrogen-bond acceptors (Lipinski definition) is 1. The van der Waals surface area contributed by atoms with Gasteiger partial charge in [-0.25, -0.2) is 4.39 Å². The Bertz CT molecular complexity index is 57.7. The summed E-state index contributed by atoms with van der Waals surface area (Å²) in [6, 6.07) is 0. The van der Waals surface area contributed by atoms with Gasteiger partial charge in [0.15, 0.2) is 0 Å². The third-order valence-corrected chi connectivity index (χ3v) is 0.617. The molecule has 42 valence electrons. The topological polar surface area (TPSA) is 20.3 Å². The van der Waals surface area contributed by atoms with E-state index in [4.69, 9.17) is 0 Å². The van der Waals surface area contributed by atoms with E-state index in [1.165, 1.54) is 11.9 Å². The molecule has 0 spiro atoms. The second-order valence-electron chi connectivity index (χ2n) is 1.27. The smallest absolute Gasteiger partial charge is 0.209 e. The molecule has 0 aliphatic heterocycles. The van der Waals surface area contributed by atoms with E-state index < -0.39 is 6.67 Å². The van der Waals surface area contributed by atoms with Crippen LogP contribution in [0.3, 0.4) is 0 Å². The van der Waals surface area contributed by atoms with Gasteiger partial charge in [0.1, 0.15) is 6.67 Å². The Labute approximate surface area is 41.9 Å². The van der Waals surface area contributed by atoms with Gasteiger partial charge in [0.05, 0.1) is 0 Å². The summed E-state index contributed by atoms with van der Waals surface area (Å²) in [4.78, 5) is 10.9. The number of halogens is 1. The van der Waals surface area contributed by atoms with Gasteiger partial charge in [-0.2, -0.15) is 0 Å². The first-order valence-corrected chi connectivity index (χ1v) is 2.02. The highest BCUT2D eigenvalue weighted by molar-refractivity contribution is 5.46. The maximum absolute atomic E-state index is 11.2. The Hall–Kier alpha value is -0.600. The first kappa shape index (κ1) is 6.40. The van der Waals surface area contributed by atoms with Gasteiger partial charge in [-0.3, -0.25) is 4.79 Å². The van der Waals surface area contributed by atoms with Crippen LogP contribution in [0.5, 0.6) is 0 Å². The molecule has 2 nitrogen and oxygen atoms in total. The minimum Gasteiger partial charge on any atom is -0.346 e. The Morgan fingerprint density at radius 3 is 2.57 bits per heavy atom. The van der Waals surface area contributed by atoms with Crippen LogP contribution < -0.4 is 0 Å². The van der Waals surface area contributed by atoms with Crippen LogP contribution in [0, 0.1) is 0 Å². The van der Waals surface area contributed by atoms with Gasteiger partial charge >= 0.3 is 0 Å². The summed E-state index contributed by atoms with van der Waals surface area (Å²) in [7, 11) is 1.53. The normalized spacial score (nSPS) is 8.29. The van der Waals surface area contributed by atoms with Gasteiger partial charge < -0.3 is 4.90 Å². The van der Waals surface area contributed by atoms with Crippen molar-refractivity contribution in [3.8, 4) is 0 Å². The molecule has 0 aliphatic rings. The third-order valence-electron chi connectivity index (χ3n) is 0.617. The van der Waals surface area contributed by atoms with Crippen LogP contribution in [0.15, 0.2) is 0 Å². The van der Waals surface area contributed by atoms with Gasteiger partial charge in [-0.05, 0) is 0 Å². The zero-order chi connectivity index (χ0) is 5.70. The van der Waals surface area contributed by atoms with E-state index in [1.807, 2.05) is 0 Å². The molecule has 0 N–H and O–H groups in total. The quantitative estimate of drug-likeness (QED) is 0.464. The zero-order valence-electron chi connectivity index (χ0n) is 4.22. The Kier molecular flexibility index (Phi) is 3.28. The van der Waals surface area contributed by atoms with Crippen molar-refractivity contribution in [1.29, 1.82) is 0 Å². The van der Waals surface area contributed by atoms with Gasteiger partial charge in [0.2, 0.25) is 6.41 Å². The lowest BCUT2D eigenvalue weighted by Gasteiger charge is -2.03. The van der Waals surface area contributed by atoms with Gasteiger partial charge in [-0.1, -0.05) is 0 Å². The van der Waals surface area contributed by atoms with Crippen molar-refractivity contribution in [3.63, 3.8) is 0 Å². The molecule has 0 atom stereocenters. The molecule has 0 saturated heterocycles. The van der Waals surface area contributed by atoms with Crippen molar-refractivity contribution < 1.29 is 9.18 Å². The third kappa shape index (κ3) is 3.22. The van der Waals surface area contributed by atoms with Crippen LogP contribution in [0.25, 0.3) is 0 Å². The fourth-order valence-corrected chi connectivity index (χ4v) is 0.186. The van der Waals surface area contributed by atoms with Crippen molar-refractivity contribution in [2.75, 3.05) is 20.3 Å². The second kappa shape index (κ2) is 3.59. The molecular formula is C4H8FNO.